The molecule has 0 aliphatic rings. The van der Waals surface area contributed by atoms with Gasteiger partial charge < -0.3 is 15.8 Å². The molecule has 14 heavy (non-hydrogen) atoms. The van der Waals surface area contributed by atoms with Crippen molar-refractivity contribution >= 4 is 11.5 Å². The maximum atomic E-state index is 5.78. The van der Waals surface area contributed by atoms with Gasteiger partial charge in [0.05, 0.1) is 5.69 Å². The summed E-state index contributed by atoms with van der Waals surface area (Å²) in [4.78, 5) is 4.20. The van der Waals surface area contributed by atoms with E-state index in [2.05, 4.69) is 10.3 Å². The van der Waals surface area contributed by atoms with E-state index < -0.39 is 0 Å². The van der Waals surface area contributed by atoms with Crippen LogP contribution in [0.25, 0.3) is 0 Å². The van der Waals surface area contributed by atoms with Crippen LogP contribution < -0.4 is 11.1 Å². The van der Waals surface area contributed by atoms with E-state index in [1.165, 1.54) is 0 Å². The molecule has 3 N–H and O–H groups in total. The Bertz CT molecular complexity index is 289. The summed E-state index contributed by atoms with van der Waals surface area (Å²) in [5, 5.41) is 3.16. The molecule has 1 rings (SSSR count). The van der Waals surface area contributed by atoms with E-state index in [4.69, 9.17) is 10.5 Å². The quantitative estimate of drug-likeness (QED) is 0.698. The summed E-state index contributed by atoms with van der Waals surface area (Å²) in [6.45, 7) is 3.55. The first-order chi connectivity index (χ1) is 6.74. The van der Waals surface area contributed by atoms with E-state index in [-0.39, 0.29) is 0 Å². The van der Waals surface area contributed by atoms with Crippen LogP contribution in [-0.4, -0.2) is 25.2 Å². The Morgan fingerprint density at radius 1 is 1.57 bits per heavy atom. The topological polar surface area (TPSA) is 60.2 Å². The molecule has 0 spiro atoms. The number of nitrogen functional groups attached to an aromatic ring is 1. The van der Waals surface area contributed by atoms with Gasteiger partial charge in [-0.25, -0.2) is 4.98 Å². The number of aryl methyl sites for hydroxylation is 1. The Labute approximate surface area is 84.5 Å². The zero-order valence-electron chi connectivity index (χ0n) is 8.71. The number of anilines is 2. The zero-order valence-corrected chi connectivity index (χ0v) is 8.71. The summed E-state index contributed by atoms with van der Waals surface area (Å²) in [5.41, 5.74) is 7.55. The molecule has 0 saturated carbocycles. The maximum absolute atomic E-state index is 5.78. The highest BCUT2D eigenvalue weighted by molar-refractivity contribution is 5.61. The first kappa shape index (κ1) is 10.8. The molecule has 0 radical (unpaired) electrons. The molecule has 0 bridgehead atoms. The number of nitrogens with one attached hydrogen (secondary N) is 1. The Kier molecular flexibility index (Phi) is 4.19. The molecule has 4 nitrogen and oxygen atoms in total. The Morgan fingerprint density at radius 2 is 2.36 bits per heavy atom. The first-order valence-electron chi connectivity index (χ1n) is 4.69. The predicted molar refractivity (Wildman–Crippen MR) is 58.4 cm³/mol. The minimum absolute atomic E-state index is 0.697. The van der Waals surface area contributed by atoms with Crippen LogP contribution in [-0.2, 0) is 4.74 Å². The van der Waals surface area contributed by atoms with Crippen molar-refractivity contribution in [3.8, 4) is 0 Å². The number of rotatable bonds is 5. The normalized spacial score (nSPS) is 10.1. The van der Waals surface area contributed by atoms with Crippen LogP contribution in [0, 0.1) is 6.92 Å². The number of ether oxygens (including phenoxy) is 1. The Morgan fingerprint density at radius 3 is 3.00 bits per heavy atom. The van der Waals surface area contributed by atoms with Crippen LogP contribution in [0.1, 0.15) is 12.0 Å². The fraction of sp³-hybridized carbons (Fsp3) is 0.500. The summed E-state index contributed by atoms with van der Waals surface area (Å²) in [7, 11) is 1.69. The van der Waals surface area contributed by atoms with Crippen molar-refractivity contribution in [2.24, 2.45) is 0 Å². The molecule has 0 aromatic carbocycles. The standard InChI is InChI=1S/C10H17N3O/c1-8-6-9(11)10(13-7-8)12-4-3-5-14-2/h6-7H,3-5,11H2,1-2H3,(H,12,13). The third-order valence-corrected chi connectivity index (χ3v) is 1.87. The third-order valence-electron chi connectivity index (χ3n) is 1.87. The molecule has 0 unspecified atom stereocenters. The lowest BCUT2D eigenvalue weighted by atomic mass is 10.3. The fourth-order valence-electron chi connectivity index (χ4n) is 1.16. The molecule has 0 aliphatic carbocycles. The number of methoxy groups -OCH3 is 1. The van der Waals surface area contributed by atoms with Crippen molar-refractivity contribution in [1.29, 1.82) is 0 Å². The lowest BCUT2D eigenvalue weighted by molar-refractivity contribution is 0.198. The van der Waals surface area contributed by atoms with Crippen molar-refractivity contribution in [3.63, 3.8) is 0 Å². The average Bonchev–Trinajstić information content (AvgIpc) is 2.15. The molecule has 78 valence electrons. The summed E-state index contributed by atoms with van der Waals surface area (Å²) < 4.78 is 4.94. The smallest absolute Gasteiger partial charge is 0.149 e. The van der Waals surface area contributed by atoms with E-state index in [0.717, 1.165) is 31.0 Å². The van der Waals surface area contributed by atoms with Crippen molar-refractivity contribution in [1.82, 2.24) is 4.98 Å². The van der Waals surface area contributed by atoms with Crippen LogP contribution in [0.3, 0.4) is 0 Å². The van der Waals surface area contributed by atoms with Gasteiger partial charge in [0.2, 0.25) is 0 Å². The zero-order chi connectivity index (χ0) is 10.4. The first-order valence-corrected chi connectivity index (χ1v) is 4.69. The van der Waals surface area contributed by atoms with Gasteiger partial charge in [-0.2, -0.15) is 0 Å². The van der Waals surface area contributed by atoms with E-state index in [1.807, 2.05) is 13.0 Å². The van der Waals surface area contributed by atoms with Gasteiger partial charge in [0, 0.05) is 26.5 Å². The molecule has 0 amide bonds. The van der Waals surface area contributed by atoms with Gasteiger partial charge in [-0.05, 0) is 25.0 Å². The molecule has 1 heterocycles. The highest BCUT2D eigenvalue weighted by atomic mass is 16.5. The van der Waals surface area contributed by atoms with Crippen LogP contribution in [0.4, 0.5) is 11.5 Å². The molecule has 1 aromatic heterocycles. The molecule has 0 aliphatic heterocycles. The molecule has 4 heteroatoms. The number of aromatic nitrogens is 1. The summed E-state index contributed by atoms with van der Waals surface area (Å²) in [5.74, 6) is 0.756. The second-order valence-corrected chi connectivity index (χ2v) is 3.22. The van der Waals surface area contributed by atoms with E-state index in [0.29, 0.717) is 5.69 Å². The monoisotopic (exact) mass is 195 g/mol. The van der Waals surface area contributed by atoms with E-state index in [1.54, 1.807) is 13.3 Å². The Balaban J connectivity index is 2.42. The predicted octanol–water partition coefficient (Wildman–Crippen LogP) is 1.42. The van der Waals surface area contributed by atoms with Gasteiger partial charge in [-0.3, -0.25) is 0 Å². The van der Waals surface area contributed by atoms with Crippen molar-refractivity contribution in [2.45, 2.75) is 13.3 Å². The SMILES string of the molecule is COCCCNc1ncc(C)cc1N. The number of pyridine rings is 1. The van der Waals surface area contributed by atoms with Gasteiger partial charge in [0.1, 0.15) is 5.82 Å². The summed E-state index contributed by atoms with van der Waals surface area (Å²) in [6, 6.07) is 1.91. The molecule has 1 aromatic rings. The molecular weight excluding hydrogens is 178 g/mol. The second-order valence-electron chi connectivity index (χ2n) is 3.22. The average molecular weight is 195 g/mol. The highest BCUT2D eigenvalue weighted by Crippen LogP contribution is 2.15. The highest BCUT2D eigenvalue weighted by Gasteiger charge is 1.98. The molecule has 0 atom stereocenters. The van der Waals surface area contributed by atoms with Crippen LogP contribution in [0.2, 0.25) is 0 Å². The number of nitrogens with zero attached hydrogens (tertiary/aromatic N) is 1. The lowest BCUT2D eigenvalue weighted by Crippen LogP contribution is -2.08. The van der Waals surface area contributed by atoms with Gasteiger partial charge in [-0.1, -0.05) is 0 Å². The number of hydrogen-bond acceptors (Lipinski definition) is 4. The van der Waals surface area contributed by atoms with Crippen LogP contribution in [0.5, 0.6) is 0 Å². The molecule has 0 fully saturated rings. The van der Waals surface area contributed by atoms with Crippen molar-refractivity contribution in [3.05, 3.63) is 17.8 Å². The van der Waals surface area contributed by atoms with Gasteiger partial charge in [-0.15, -0.1) is 0 Å². The summed E-state index contributed by atoms with van der Waals surface area (Å²) >= 11 is 0. The number of hydrogen-bond donors (Lipinski definition) is 2. The van der Waals surface area contributed by atoms with Crippen molar-refractivity contribution < 1.29 is 4.74 Å². The molecule has 0 saturated heterocycles. The lowest BCUT2D eigenvalue weighted by Gasteiger charge is -2.08. The van der Waals surface area contributed by atoms with E-state index in [9.17, 15) is 0 Å². The van der Waals surface area contributed by atoms with Gasteiger partial charge in [0.15, 0.2) is 0 Å². The van der Waals surface area contributed by atoms with Crippen molar-refractivity contribution in [2.75, 3.05) is 31.3 Å². The molecular formula is C10H17N3O. The largest absolute Gasteiger partial charge is 0.396 e. The van der Waals surface area contributed by atoms with Crippen LogP contribution in [0.15, 0.2) is 12.3 Å². The minimum Gasteiger partial charge on any atom is -0.396 e. The van der Waals surface area contributed by atoms with Gasteiger partial charge in [0.25, 0.3) is 0 Å². The van der Waals surface area contributed by atoms with Crippen LogP contribution >= 0.6 is 0 Å². The third kappa shape index (κ3) is 3.22. The minimum atomic E-state index is 0.697. The fourth-order valence-corrected chi connectivity index (χ4v) is 1.16. The van der Waals surface area contributed by atoms with Gasteiger partial charge >= 0.3 is 0 Å². The Hall–Kier alpha value is -1.29. The second kappa shape index (κ2) is 5.44. The van der Waals surface area contributed by atoms with E-state index >= 15 is 0 Å². The number of nitrogens with two attached hydrogens (primary N) is 1. The maximum Gasteiger partial charge on any atom is 0.149 e. The summed E-state index contributed by atoms with van der Waals surface area (Å²) in [6.07, 6.45) is 2.75.